The van der Waals surface area contributed by atoms with Crippen LogP contribution in [0.3, 0.4) is 0 Å². The first kappa shape index (κ1) is 14.2. The lowest BCUT2D eigenvalue weighted by Crippen LogP contribution is -2.50. The number of rotatable bonds is 5. The van der Waals surface area contributed by atoms with Crippen LogP contribution in [0.4, 0.5) is 5.69 Å². The van der Waals surface area contributed by atoms with Crippen molar-refractivity contribution < 1.29 is 4.74 Å². The van der Waals surface area contributed by atoms with Crippen molar-refractivity contribution in [3.63, 3.8) is 0 Å². The minimum Gasteiger partial charge on any atom is -0.483 e. The maximum atomic E-state index is 6.31. The summed E-state index contributed by atoms with van der Waals surface area (Å²) in [6, 6.07) is 6.46. The van der Waals surface area contributed by atoms with E-state index in [4.69, 9.17) is 10.5 Å². The topological polar surface area (TPSA) is 38.5 Å². The van der Waals surface area contributed by atoms with E-state index in [0.29, 0.717) is 0 Å². The van der Waals surface area contributed by atoms with Crippen LogP contribution in [0.15, 0.2) is 18.2 Å². The summed E-state index contributed by atoms with van der Waals surface area (Å²) in [5.74, 6) is 1.03. The molecule has 1 heterocycles. The normalized spacial score (nSPS) is 16.9. The Hall–Kier alpha value is -1.22. The standard InChI is InChI=1S/C16H26N2O/c1-4-16(5-2)12-18(10-6-9-17)14-11-13(3)7-8-15(14)19-16/h7-8,11H,4-6,9-10,12,17H2,1-3H3. The molecule has 1 aliphatic rings. The third-order valence-electron chi connectivity index (χ3n) is 4.18. The average molecular weight is 262 g/mol. The van der Waals surface area contributed by atoms with Crippen LogP contribution in [-0.2, 0) is 0 Å². The summed E-state index contributed by atoms with van der Waals surface area (Å²) in [6.45, 7) is 9.27. The molecule has 0 aliphatic carbocycles. The van der Waals surface area contributed by atoms with Crippen LogP contribution < -0.4 is 15.4 Å². The molecular weight excluding hydrogens is 236 g/mol. The fourth-order valence-electron chi connectivity index (χ4n) is 2.76. The number of aryl methyl sites for hydroxylation is 1. The third-order valence-corrected chi connectivity index (χ3v) is 4.18. The number of benzene rings is 1. The second kappa shape index (κ2) is 5.83. The highest BCUT2D eigenvalue weighted by Crippen LogP contribution is 2.40. The number of nitrogens with zero attached hydrogens (tertiary/aromatic N) is 1. The van der Waals surface area contributed by atoms with Crippen LogP contribution in [0.25, 0.3) is 0 Å². The lowest BCUT2D eigenvalue weighted by atomic mass is 9.93. The van der Waals surface area contributed by atoms with E-state index in [0.717, 1.165) is 44.6 Å². The molecule has 19 heavy (non-hydrogen) atoms. The van der Waals surface area contributed by atoms with Gasteiger partial charge in [0.1, 0.15) is 11.4 Å². The Kier molecular flexibility index (Phi) is 4.35. The van der Waals surface area contributed by atoms with Crippen molar-refractivity contribution in [2.24, 2.45) is 5.73 Å². The maximum absolute atomic E-state index is 6.31. The SMILES string of the molecule is CCC1(CC)CN(CCCN)c2cc(C)ccc2O1. The Morgan fingerprint density at radius 2 is 2.05 bits per heavy atom. The van der Waals surface area contributed by atoms with Crippen molar-refractivity contribution in [2.45, 2.75) is 45.6 Å². The second-order valence-corrected chi connectivity index (χ2v) is 5.53. The molecule has 0 fully saturated rings. The van der Waals surface area contributed by atoms with Crippen molar-refractivity contribution in [3.8, 4) is 5.75 Å². The van der Waals surface area contributed by atoms with Gasteiger partial charge in [-0.05, 0) is 50.4 Å². The molecule has 3 nitrogen and oxygen atoms in total. The molecule has 2 rings (SSSR count). The van der Waals surface area contributed by atoms with Gasteiger partial charge < -0.3 is 15.4 Å². The Morgan fingerprint density at radius 3 is 2.68 bits per heavy atom. The minimum absolute atomic E-state index is 0.0448. The van der Waals surface area contributed by atoms with Crippen molar-refractivity contribution in [1.82, 2.24) is 0 Å². The summed E-state index contributed by atoms with van der Waals surface area (Å²) in [5, 5.41) is 0. The minimum atomic E-state index is -0.0448. The van der Waals surface area contributed by atoms with Gasteiger partial charge in [-0.3, -0.25) is 0 Å². The summed E-state index contributed by atoms with van der Waals surface area (Å²) in [5.41, 5.74) is 8.13. The molecule has 0 aromatic heterocycles. The third kappa shape index (κ3) is 2.86. The Bertz CT molecular complexity index is 427. The molecule has 0 spiro atoms. The number of anilines is 1. The molecule has 0 saturated heterocycles. The fourth-order valence-corrected chi connectivity index (χ4v) is 2.76. The predicted molar refractivity (Wildman–Crippen MR) is 81.0 cm³/mol. The maximum Gasteiger partial charge on any atom is 0.143 e. The predicted octanol–water partition coefficient (Wildman–Crippen LogP) is 3.10. The Morgan fingerprint density at radius 1 is 1.32 bits per heavy atom. The fraction of sp³-hybridized carbons (Fsp3) is 0.625. The molecule has 0 bridgehead atoms. The molecule has 0 saturated carbocycles. The lowest BCUT2D eigenvalue weighted by Gasteiger charge is -2.44. The summed E-state index contributed by atoms with van der Waals surface area (Å²) >= 11 is 0. The van der Waals surface area contributed by atoms with Crippen LogP contribution in [0.2, 0.25) is 0 Å². The number of ether oxygens (including phenoxy) is 1. The molecule has 0 amide bonds. The largest absolute Gasteiger partial charge is 0.483 e. The van der Waals surface area contributed by atoms with Gasteiger partial charge in [-0.15, -0.1) is 0 Å². The van der Waals surface area contributed by atoms with Gasteiger partial charge in [0.25, 0.3) is 0 Å². The first-order valence-corrected chi connectivity index (χ1v) is 7.39. The second-order valence-electron chi connectivity index (χ2n) is 5.53. The lowest BCUT2D eigenvalue weighted by molar-refractivity contribution is 0.0574. The summed E-state index contributed by atoms with van der Waals surface area (Å²) in [7, 11) is 0. The van der Waals surface area contributed by atoms with Gasteiger partial charge in [0, 0.05) is 6.54 Å². The highest BCUT2D eigenvalue weighted by Gasteiger charge is 2.36. The molecule has 2 N–H and O–H groups in total. The van der Waals surface area contributed by atoms with Gasteiger partial charge in [-0.25, -0.2) is 0 Å². The van der Waals surface area contributed by atoms with Gasteiger partial charge in [-0.1, -0.05) is 19.9 Å². The zero-order chi connectivity index (χ0) is 13.9. The summed E-state index contributed by atoms with van der Waals surface area (Å²) < 4.78 is 6.31. The summed E-state index contributed by atoms with van der Waals surface area (Å²) in [6.07, 6.45) is 3.10. The van der Waals surface area contributed by atoms with Gasteiger partial charge in [-0.2, -0.15) is 0 Å². The highest BCUT2D eigenvalue weighted by atomic mass is 16.5. The van der Waals surface area contributed by atoms with Crippen LogP contribution in [0.1, 0.15) is 38.7 Å². The smallest absolute Gasteiger partial charge is 0.143 e. The monoisotopic (exact) mass is 262 g/mol. The van der Waals surface area contributed by atoms with Gasteiger partial charge in [0.2, 0.25) is 0 Å². The first-order valence-electron chi connectivity index (χ1n) is 7.39. The quantitative estimate of drug-likeness (QED) is 0.886. The number of hydrogen-bond acceptors (Lipinski definition) is 3. The molecule has 1 aromatic rings. The molecule has 1 aromatic carbocycles. The van der Waals surface area contributed by atoms with Crippen LogP contribution in [0, 0.1) is 6.92 Å². The van der Waals surface area contributed by atoms with E-state index >= 15 is 0 Å². The molecule has 1 aliphatic heterocycles. The number of hydrogen-bond donors (Lipinski definition) is 1. The Labute approximate surface area is 116 Å². The van der Waals surface area contributed by atoms with E-state index in [1.54, 1.807) is 0 Å². The van der Waals surface area contributed by atoms with E-state index in [1.165, 1.54) is 11.3 Å². The number of nitrogens with two attached hydrogens (primary N) is 1. The van der Waals surface area contributed by atoms with E-state index in [-0.39, 0.29) is 5.60 Å². The highest BCUT2D eigenvalue weighted by molar-refractivity contribution is 5.62. The molecular formula is C16H26N2O. The molecule has 0 radical (unpaired) electrons. The van der Waals surface area contributed by atoms with Gasteiger partial charge >= 0.3 is 0 Å². The van der Waals surface area contributed by atoms with Crippen LogP contribution in [-0.4, -0.2) is 25.2 Å². The molecule has 0 unspecified atom stereocenters. The van der Waals surface area contributed by atoms with Crippen molar-refractivity contribution >= 4 is 5.69 Å². The van der Waals surface area contributed by atoms with Gasteiger partial charge in [0.05, 0.1) is 12.2 Å². The van der Waals surface area contributed by atoms with E-state index < -0.39 is 0 Å². The molecule has 106 valence electrons. The van der Waals surface area contributed by atoms with Gasteiger partial charge in [0.15, 0.2) is 0 Å². The Balaban J connectivity index is 2.34. The van der Waals surface area contributed by atoms with Crippen LogP contribution in [0.5, 0.6) is 5.75 Å². The summed E-state index contributed by atoms with van der Waals surface area (Å²) in [4.78, 5) is 2.45. The zero-order valence-corrected chi connectivity index (χ0v) is 12.4. The molecule has 0 atom stereocenters. The van der Waals surface area contributed by atoms with E-state index in [2.05, 4.69) is 43.9 Å². The molecule has 3 heteroatoms. The van der Waals surface area contributed by atoms with E-state index in [9.17, 15) is 0 Å². The van der Waals surface area contributed by atoms with Crippen molar-refractivity contribution in [3.05, 3.63) is 23.8 Å². The average Bonchev–Trinajstić information content (AvgIpc) is 2.44. The van der Waals surface area contributed by atoms with Crippen molar-refractivity contribution in [1.29, 1.82) is 0 Å². The van der Waals surface area contributed by atoms with Crippen molar-refractivity contribution in [2.75, 3.05) is 24.5 Å². The van der Waals surface area contributed by atoms with Crippen LogP contribution >= 0.6 is 0 Å². The van der Waals surface area contributed by atoms with E-state index in [1.807, 2.05) is 0 Å². The number of fused-ring (bicyclic) bond motifs is 1. The zero-order valence-electron chi connectivity index (χ0n) is 12.4. The first-order chi connectivity index (χ1) is 9.14.